The normalized spacial score (nSPS) is 8.64. The second kappa shape index (κ2) is 16.9. The summed E-state index contributed by atoms with van der Waals surface area (Å²) < 4.78 is 0. The smallest absolute Gasteiger partial charge is 1.00 e. The van der Waals surface area contributed by atoms with Crippen molar-refractivity contribution in [1.29, 1.82) is 0 Å². The number of hydrogen-bond acceptors (Lipinski definition) is 1. The molecular formula is C10H22Na2O2. The molecule has 0 spiro atoms. The van der Waals surface area contributed by atoms with E-state index in [-0.39, 0.29) is 62.0 Å². The van der Waals surface area contributed by atoms with Crippen LogP contribution in [0, 0.1) is 0 Å². The van der Waals surface area contributed by atoms with Crippen molar-refractivity contribution in [3.8, 4) is 0 Å². The topological polar surface area (TPSA) is 37.3 Å². The summed E-state index contributed by atoms with van der Waals surface area (Å²) in [6, 6.07) is 0. The first-order valence-corrected chi connectivity index (χ1v) is 4.99. The number of unbranched alkanes of at least 4 members (excludes halogenated alkanes) is 6. The first-order valence-electron chi connectivity index (χ1n) is 4.99. The summed E-state index contributed by atoms with van der Waals surface area (Å²) >= 11 is 0. The van der Waals surface area contributed by atoms with E-state index in [0.717, 1.165) is 12.8 Å². The summed E-state index contributed by atoms with van der Waals surface area (Å²) in [5.74, 6) is -0.663. The molecule has 0 aliphatic heterocycles. The van der Waals surface area contributed by atoms with Crippen molar-refractivity contribution in [1.82, 2.24) is 0 Å². The van der Waals surface area contributed by atoms with E-state index in [1.165, 1.54) is 32.1 Å². The predicted molar refractivity (Wildman–Crippen MR) is 52.5 cm³/mol. The molecule has 76 valence electrons. The van der Waals surface area contributed by atoms with Crippen molar-refractivity contribution >= 4 is 5.97 Å². The Morgan fingerprint density at radius 3 is 1.86 bits per heavy atom. The van der Waals surface area contributed by atoms with Crippen molar-refractivity contribution < 1.29 is 71.9 Å². The fourth-order valence-electron chi connectivity index (χ4n) is 1.23. The molecule has 14 heavy (non-hydrogen) atoms. The number of carbonyl (C=O) groups is 1. The van der Waals surface area contributed by atoms with Crippen LogP contribution in [0.5, 0.6) is 0 Å². The summed E-state index contributed by atoms with van der Waals surface area (Å²) in [6.45, 7) is 2.20. The molecule has 0 aromatic rings. The number of hydrogen-bond donors (Lipinski definition) is 1. The Labute approximate surface area is 135 Å². The molecule has 0 amide bonds. The Balaban J connectivity index is -0.000000101. The van der Waals surface area contributed by atoms with E-state index in [9.17, 15) is 4.79 Å². The fraction of sp³-hybridized carbons (Fsp3) is 0.900. The van der Waals surface area contributed by atoms with Crippen molar-refractivity contribution in [2.75, 3.05) is 0 Å². The molecule has 0 heterocycles. The molecule has 0 aliphatic carbocycles. The van der Waals surface area contributed by atoms with E-state index in [2.05, 4.69) is 6.92 Å². The molecule has 4 heteroatoms. The molecule has 0 aromatic carbocycles. The van der Waals surface area contributed by atoms with E-state index in [4.69, 9.17) is 5.11 Å². The fourth-order valence-corrected chi connectivity index (χ4v) is 1.23. The van der Waals surface area contributed by atoms with Gasteiger partial charge in [-0.15, -0.1) is 0 Å². The van der Waals surface area contributed by atoms with Gasteiger partial charge >= 0.3 is 65.1 Å². The third kappa shape index (κ3) is 19.1. The zero-order chi connectivity index (χ0) is 9.23. The maximum atomic E-state index is 10.1. The Morgan fingerprint density at radius 2 is 1.43 bits per heavy atom. The summed E-state index contributed by atoms with van der Waals surface area (Å²) in [7, 11) is 0. The van der Waals surface area contributed by atoms with Crippen LogP contribution in [0.25, 0.3) is 0 Å². The average molecular weight is 220 g/mol. The molecule has 2 nitrogen and oxygen atoms in total. The molecule has 0 rings (SSSR count). The van der Waals surface area contributed by atoms with Gasteiger partial charge in [-0.25, -0.2) is 0 Å². The molecule has 0 aliphatic rings. The number of carboxylic acids is 1. The van der Waals surface area contributed by atoms with Crippen LogP contribution in [-0.4, -0.2) is 11.1 Å². The van der Waals surface area contributed by atoms with E-state index in [1.54, 1.807) is 0 Å². The van der Waals surface area contributed by atoms with Gasteiger partial charge in [-0.1, -0.05) is 45.4 Å². The van der Waals surface area contributed by atoms with Gasteiger partial charge in [-0.05, 0) is 6.42 Å². The number of carboxylic acid groups (broad SMARTS) is 1. The van der Waals surface area contributed by atoms with Crippen LogP contribution < -0.4 is 59.1 Å². The zero-order valence-corrected chi connectivity index (χ0v) is 14.0. The van der Waals surface area contributed by atoms with Crippen molar-refractivity contribution in [2.24, 2.45) is 0 Å². The number of rotatable bonds is 8. The van der Waals surface area contributed by atoms with E-state index >= 15 is 0 Å². The van der Waals surface area contributed by atoms with Crippen LogP contribution in [0.1, 0.15) is 61.1 Å². The molecule has 0 aromatic heterocycles. The van der Waals surface area contributed by atoms with Gasteiger partial charge in [0.2, 0.25) is 0 Å². The largest absolute Gasteiger partial charge is 1.00 e. The third-order valence-corrected chi connectivity index (χ3v) is 1.99. The molecular weight excluding hydrogens is 198 g/mol. The van der Waals surface area contributed by atoms with Gasteiger partial charge in [0, 0.05) is 6.42 Å². The van der Waals surface area contributed by atoms with Gasteiger partial charge in [0.1, 0.15) is 0 Å². The van der Waals surface area contributed by atoms with E-state index in [1.807, 2.05) is 0 Å². The summed E-state index contributed by atoms with van der Waals surface area (Å²) in [4.78, 5) is 10.1. The summed E-state index contributed by atoms with van der Waals surface area (Å²) in [5, 5.41) is 8.35. The van der Waals surface area contributed by atoms with Gasteiger partial charge in [-0.3, -0.25) is 4.79 Å². The van der Waals surface area contributed by atoms with Gasteiger partial charge in [0.15, 0.2) is 0 Å². The molecule has 0 saturated heterocycles. The Morgan fingerprint density at radius 1 is 1.00 bits per heavy atom. The van der Waals surface area contributed by atoms with Crippen LogP contribution in [0.15, 0.2) is 0 Å². The molecule has 0 atom stereocenters. The van der Waals surface area contributed by atoms with Crippen LogP contribution in [0.3, 0.4) is 0 Å². The minimum atomic E-state index is -0.663. The maximum Gasteiger partial charge on any atom is 1.00 e. The van der Waals surface area contributed by atoms with Gasteiger partial charge < -0.3 is 7.96 Å². The maximum absolute atomic E-state index is 10.1. The van der Waals surface area contributed by atoms with Crippen molar-refractivity contribution in [3.05, 3.63) is 0 Å². The van der Waals surface area contributed by atoms with Gasteiger partial charge in [0.05, 0.1) is 0 Å². The zero-order valence-electron chi connectivity index (χ0n) is 12.0. The molecule has 0 radical (unpaired) electrons. The van der Waals surface area contributed by atoms with Gasteiger partial charge in [-0.2, -0.15) is 0 Å². The Kier molecular flexibility index (Phi) is 25.1. The van der Waals surface area contributed by atoms with Crippen LogP contribution >= 0.6 is 0 Å². The SMILES string of the molecule is CCCCCCCCCC(=O)O.[H-].[H-].[Na+].[Na+]. The first-order chi connectivity index (χ1) is 5.77. The second-order valence-corrected chi connectivity index (χ2v) is 3.27. The second-order valence-electron chi connectivity index (χ2n) is 3.27. The summed E-state index contributed by atoms with van der Waals surface area (Å²) in [6.07, 6.45) is 8.64. The monoisotopic (exact) mass is 220 g/mol. The van der Waals surface area contributed by atoms with Crippen molar-refractivity contribution in [3.63, 3.8) is 0 Å². The van der Waals surface area contributed by atoms with E-state index < -0.39 is 5.97 Å². The molecule has 1 N–H and O–H groups in total. The standard InChI is InChI=1S/C10H20O2.2Na.2H/c1-2-3-4-5-6-7-8-9-10(11)12;;;;/h2-9H2,1H3,(H,11,12);;;;/q;2*+1;2*-1. The molecule has 0 saturated carbocycles. The Hall–Kier alpha value is 1.47. The minimum Gasteiger partial charge on any atom is -1.00 e. The Bertz CT molecular complexity index is 127. The van der Waals surface area contributed by atoms with Gasteiger partial charge in [0.25, 0.3) is 0 Å². The molecule has 0 unspecified atom stereocenters. The molecule has 0 bridgehead atoms. The quantitative estimate of drug-likeness (QED) is 0.361. The average Bonchev–Trinajstić information content (AvgIpc) is 2.02. The van der Waals surface area contributed by atoms with Crippen LogP contribution in [-0.2, 0) is 4.79 Å². The van der Waals surface area contributed by atoms with Crippen LogP contribution in [0.4, 0.5) is 0 Å². The third-order valence-electron chi connectivity index (χ3n) is 1.99. The van der Waals surface area contributed by atoms with Crippen LogP contribution in [0.2, 0.25) is 0 Å². The summed E-state index contributed by atoms with van der Waals surface area (Å²) in [5.41, 5.74) is 0. The first kappa shape index (κ1) is 20.8. The van der Waals surface area contributed by atoms with E-state index in [0.29, 0.717) is 6.42 Å². The minimum absolute atomic E-state index is 0. The predicted octanol–water partition coefficient (Wildman–Crippen LogP) is -2.56. The number of aliphatic carboxylic acids is 1. The van der Waals surface area contributed by atoms with Crippen molar-refractivity contribution in [2.45, 2.75) is 58.3 Å². The molecule has 0 fully saturated rings.